The predicted molar refractivity (Wildman–Crippen MR) is 65.6 cm³/mol. The highest BCUT2D eigenvalue weighted by atomic mass is 16.5. The Morgan fingerprint density at radius 3 is 2.59 bits per heavy atom. The van der Waals surface area contributed by atoms with Gasteiger partial charge in [-0.25, -0.2) is 0 Å². The van der Waals surface area contributed by atoms with Gasteiger partial charge in [0, 0.05) is 19.6 Å². The van der Waals surface area contributed by atoms with E-state index in [0.29, 0.717) is 11.7 Å². The molecule has 0 aliphatic heterocycles. The number of nitrogens with two attached hydrogens (primary N) is 1. The van der Waals surface area contributed by atoms with Crippen molar-refractivity contribution in [1.29, 1.82) is 0 Å². The molecule has 0 fully saturated rings. The van der Waals surface area contributed by atoms with Crippen LogP contribution in [0, 0.1) is 0 Å². The molecular weight excluding hydrogens is 218 g/mol. The molecule has 0 spiro atoms. The molecular formula is C12H23N3O2. The molecule has 1 heterocycles. The summed E-state index contributed by atoms with van der Waals surface area (Å²) in [6.45, 7) is 7.52. The van der Waals surface area contributed by atoms with Crippen molar-refractivity contribution in [2.24, 2.45) is 5.73 Å². The summed E-state index contributed by atoms with van der Waals surface area (Å²) >= 11 is 0. The van der Waals surface area contributed by atoms with E-state index < -0.39 is 5.54 Å². The van der Waals surface area contributed by atoms with Gasteiger partial charge in [0.25, 0.3) is 0 Å². The molecule has 0 bridgehead atoms. The van der Waals surface area contributed by atoms with Gasteiger partial charge in [-0.15, -0.1) is 0 Å². The molecule has 0 unspecified atom stereocenters. The molecule has 0 atom stereocenters. The van der Waals surface area contributed by atoms with Crippen LogP contribution in [0.3, 0.4) is 0 Å². The lowest BCUT2D eigenvalue weighted by Crippen LogP contribution is -2.36. The van der Waals surface area contributed by atoms with E-state index in [1.54, 1.807) is 0 Å². The molecule has 0 saturated carbocycles. The Bertz CT molecular complexity index is 321. The minimum atomic E-state index is -0.457. The molecule has 0 amide bonds. The number of rotatable bonds is 8. The summed E-state index contributed by atoms with van der Waals surface area (Å²) in [5.74, 6) is 1.27. The number of aromatic nitrogens is 2. The molecule has 1 rings (SSSR count). The number of hydrogen-bond acceptors (Lipinski definition) is 5. The van der Waals surface area contributed by atoms with E-state index in [0.717, 1.165) is 38.9 Å². The molecule has 2 N–H and O–H groups in total. The van der Waals surface area contributed by atoms with Crippen molar-refractivity contribution in [3.05, 3.63) is 11.7 Å². The summed E-state index contributed by atoms with van der Waals surface area (Å²) < 4.78 is 10.5. The minimum Gasteiger partial charge on any atom is -0.382 e. The summed E-state index contributed by atoms with van der Waals surface area (Å²) in [5, 5.41) is 3.98. The molecule has 0 aliphatic rings. The van der Waals surface area contributed by atoms with Crippen molar-refractivity contribution < 1.29 is 9.26 Å². The SMILES string of the molecule is CCOCCCc1nc(C(N)(CC)CC)no1. The van der Waals surface area contributed by atoms with Gasteiger partial charge in [0.15, 0.2) is 5.82 Å². The molecule has 5 heteroatoms. The first-order valence-electron chi connectivity index (χ1n) is 6.36. The highest BCUT2D eigenvalue weighted by Crippen LogP contribution is 2.22. The fraction of sp³-hybridized carbons (Fsp3) is 0.833. The molecule has 0 saturated heterocycles. The third-order valence-corrected chi connectivity index (χ3v) is 3.06. The second-order valence-electron chi connectivity index (χ2n) is 4.18. The largest absolute Gasteiger partial charge is 0.382 e. The molecule has 0 aliphatic carbocycles. The lowest BCUT2D eigenvalue weighted by Gasteiger charge is -2.21. The van der Waals surface area contributed by atoms with Gasteiger partial charge in [0.05, 0.1) is 5.54 Å². The van der Waals surface area contributed by atoms with Gasteiger partial charge in [-0.1, -0.05) is 19.0 Å². The van der Waals surface area contributed by atoms with E-state index in [1.807, 2.05) is 20.8 Å². The Labute approximate surface area is 103 Å². The first-order chi connectivity index (χ1) is 8.16. The van der Waals surface area contributed by atoms with Crippen LogP contribution in [-0.2, 0) is 16.7 Å². The standard InChI is InChI=1S/C12H23N3O2/c1-4-12(13,5-2)11-14-10(17-15-11)8-7-9-16-6-3/h4-9,13H2,1-3H3. The normalized spacial score (nSPS) is 12.0. The van der Waals surface area contributed by atoms with Crippen LogP contribution in [0.4, 0.5) is 0 Å². The van der Waals surface area contributed by atoms with E-state index in [-0.39, 0.29) is 0 Å². The molecule has 0 radical (unpaired) electrons. The fourth-order valence-corrected chi connectivity index (χ4v) is 1.59. The van der Waals surface area contributed by atoms with Crippen LogP contribution < -0.4 is 5.73 Å². The maximum atomic E-state index is 6.20. The molecule has 1 aromatic heterocycles. The van der Waals surface area contributed by atoms with Crippen LogP contribution in [0.2, 0.25) is 0 Å². The third kappa shape index (κ3) is 3.78. The summed E-state index contributed by atoms with van der Waals surface area (Å²) in [4.78, 5) is 4.36. The Hall–Kier alpha value is -0.940. The van der Waals surface area contributed by atoms with Crippen molar-refractivity contribution in [3.63, 3.8) is 0 Å². The van der Waals surface area contributed by atoms with Gasteiger partial charge in [-0.05, 0) is 26.2 Å². The fourth-order valence-electron chi connectivity index (χ4n) is 1.59. The third-order valence-electron chi connectivity index (χ3n) is 3.06. The monoisotopic (exact) mass is 241 g/mol. The van der Waals surface area contributed by atoms with E-state index in [2.05, 4.69) is 10.1 Å². The maximum Gasteiger partial charge on any atom is 0.226 e. The summed E-state index contributed by atoms with van der Waals surface area (Å²) in [6.07, 6.45) is 3.25. The first kappa shape index (κ1) is 14.1. The smallest absolute Gasteiger partial charge is 0.226 e. The minimum absolute atomic E-state index is 0.457. The molecule has 98 valence electrons. The van der Waals surface area contributed by atoms with Gasteiger partial charge in [0.2, 0.25) is 5.89 Å². The average molecular weight is 241 g/mol. The Balaban J connectivity index is 2.53. The van der Waals surface area contributed by atoms with Crippen LogP contribution >= 0.6 is 0 Å². The topological polar surface area (TPSA) is 74.2 Å². The summed E-state index contributed by atoms with van der Waals surface area (Å²) in [5.41, 5.74) is 5.74. The van der Waals surface area contributed by atoms with Gasteiger partial charge < -0.3 is 15.0 Å². The Morgan fingerprint density at radius 1 is 1.29 bits per heavy atom. The quantitative estimate of drug-likeness (QED) is 0.705. The predicted octanol–water partition coefficient (Wildman–Crippen LogP) is 2.01. The van der Waals surface area contributed by atoms with Gasteiger partial charge in [-0.3, -0.25) is 0 Å². The summed E-state index contributed by atoms with van der Waals surface area (Å²) in [7, 11) is 0. The average Bonchev–Trinajstić information content (AvgIpc) is 2.83. The van der Waals surface area contributed by atoms with Crippen LogP contribution in [-0.4, -0.2) is 23.4 Å². The molecule has 5 nitrogen and oxygen atoms in total. The highest BCUT2D eigenvalue weighted by Gasteiger charge is 2.28. The van der Waals surface area contributed by atoms with Crippen molar-refractivity contribution >= 4 is 0 Å². The van der Waals surface area contributed by atoms with Gasteiger partial charge in [0.1, 0.15) is 0 Å². The molecule has 17 heavy (non-hydrogen) atoms. The van der Waals surface area contributed by atoms with Crippen LogP contribution in [0.1, 0.15) is 51.7 Å². The van der Waals surface area contributed by atoms with Crippen LogP contribution in [0.5, 0.6) is 0 Å². The highest BCUT2D eigenvalue weighted by molar-refractivity contribution is 5.02. The Kier molecular flexibility index (Phi) is 5.58. The first-order valence-corrected chi connectivity index (χ1v) is 6.36. The number of hydrogen-bond donors (Lipinski definition) is 1. The number of nitrogens with zero attached hydrogens (tertiary/aromatic N) is 2. The maximum absolute atomic E-state index is 6.20. The van der Waals surface area contributed by atoms with Gasteiger partial charge in [-0.2, -0.15) is 4.98 Å². The number of aryl methyl sites for hydroxylation is 1. The van der Waals surface area contributed by atoms with E-state index in [9.17, 15) is 0 Å². The molecule has 1 aromatic rings. The zero-order chi connectivity index (χ0) is 12.7. The van der Waals surface area contributed by atoms with Crippen LogP contribution in [0.15, 0.2) is 4.52 Å². The lowest BCUT2D eigenvalue weighted by molar-refractivity contribution is 0.143. The summed E-state index contributed by atoms with van der Waals surface area (Å²) in [6, 6.07) is 0. The van der Waals surface area contributed by atoms with E-state index in [4.69, 9.17) is 15.0 Å². The van der Waals surface area contributed by atoms with E-state index >= 15 is 0 Å². The zero-order valence-electron chi connectivity index (χ0n) is 11.0. The van der Waals surface area contributed by atoms with Crippen molar-refractivity contribution in [2.75, 3.05) is 13.2 Å². The van der Waals surface area contributed by atoms with Crippen molar-refractivity contribution in [2.45, 2.75) is 52.0 Å². The zero-order valence-corrected chi connectivity index (χ0v) is 11.0. The second kappa shape index (κ2) is 6.71. The van der Waals surface area contributed by atoms with Crippen molar-refractivity contribution in [1.82, 2.24) is 10.1 Å². The van der Waals surface area contributed by atoms with Crippen molar-refractivity contribution in [3.8, 4) is 0 Å². The molecule has 0 aromatic carbocycles. The lowest BCUT2D eigenvalue weighted by atomic mass is 9.93. The second-order valence-corrected chi connectivity index (χ2v) is 4.18. The Morgan fingerprint density at radius 2 is 2.00 bits per heavy atom. The van der Waals surface area contributed by atoms with E-state index in [1.165, 1.54) is 0 Å². The number of ether oxygens (including phenoxy) is 1. The van der Waals surface area contributed by atoms with Gasteiger partial charge >= 0.3 is 0 Å². The van der Waals surface area contributed by atoms with Crippen LogP contribution in [0.25, 0.3) is 0 Å².